The molecule has 1 aliphatic rings. The van der Waals surface area contributed by atoms with Gasteiger partial charge in [0.25, 0.3) is 11.2 Å². The number of rotatable bonds is 5. The Balaban J connectivity index is 1.78. The maximum atomic E-state index is 12.6. The standard InChI is InChI=1S/C17H21N5O3/c1-12-16(11-19-10-13-6-8-18-9-7-13)17(23)21(20-12)14-2-4-15(5-3-14)22(24)25/h2-5,11,13,18,20H,6-10H2,1H3. The summed E-state index contributed by atoms with van der Waals surface area (Å²) in [5, 5.41) is 17.1. The van der Waals surface area contributed by atoms with Crippen molar-refractivity contribution in [2.75, 3.05) is 19.6 Å². The second-order valence-corrected chi connectivity index (χ2v) is 6.25. The van der Waals surface area contributed by atoms with Crippen molar-refractivity contribution in [3.05, 3.63) is 56.0 Å². The lowest BCUT2D eigenvalue weighted by Crippen LogP contribution is -2.29. The summed E-state index contributed by atoms with van der Waals surface area (Å²) in [6.07, 6.45) is 3.85. The van der Waals surface area contributed by atoms with Gasteiger partial charge in [0.05, 0.1) is 16.2 Å². The van der Waals surface area contributed by atoms with E-state index in [0.717, 1.165) is 38.2 Å². The van der Waals surface area contributed by atoms with Crippen LogP contribution in [0, 0.1) is 23.0 Å². The van der Waals surface area contributed by atoms with Crippen LogP contribution in [0.2, 0.25) is 0 Å². The molecule has 0 saturated carbocycles. The van der Waals surface area contributed by atoms with E-state index in [0.29, 0.717) is 17.2 Å². The van der Waals surface area contributed by atoms with E-state index in [2.05, 4.69) is 15.4 Å². The van der Waals surface area contributed by atoms with Gasteiger partial charge in [-0.25, -0.2) is 4.68 Å². The van der Waals surface area contributed by atoms with Gasteiger partial charge in [-0.2, -0.15) is 0 Å². The molecule has 8 nitrogen and oxygen atoms in total. The van der Waals surface area contributed by atoms with E-state index in [1.54, 1.807) is 18.3 Å². The number of H-pyrrole nitrogens is 1. The number of piperidine rings is 1. The molecular weight excluding hydrogens is 322 g/mol. The first-order valence-corrected chi connectivity index (χ1v) is 8.33. The number of nitrogens with one attached hydrogen (secondary N) is 2. The van der Waals surface area contributed by atoms with Gasteiger partial charge in [0, 0.05) is 30.6 Å². The molecular formula is C17H21N5O3. The van der Waals surface area contributed by atoms with Gasteiger partial charge < -0.3 is 5.32 Å². The largest absolute Gasteiger partial charge is 0.317 e. The fourth-order valence-electron chi connectivity index (χ4n) is 2.97. The number of nitro benzene ring substituents is 1. The summed E-state index contributed by atoms with van der Waals surface area (Å²) >= 11 is 0. The number of hydrogen-bond acceptors (Lipinski definition) is 5. The van der Waals surface area contributed by atoms with E-state index in [4.69, 9.17) is 0 Å². The SMILES string of the molecule is Cc1[nH]n(-c2ccc([N+](=O)[O-])cc2)c(=O)c1C=NCC1CCNCC1. The molecule has 0 bridgehead atoms. The monoisotopic (exact) mass is 343 g/mol. The molecule has 0 aliphatic carbocycles. The third kappa shape index (κ3) is 3.85. The number of aryl methyl sites for hydroxylation is 1. The molecule has 0 spiro atoms. The first-order chi connectivity index (χ1) is 12.1. The highest BCUT2D eigenvalue weighted by Crippen LogP contribution is 2.14. The van der Waals surface area contributed by atoms with Crippen molar-refractivity contribution in [3.8, 4) is 5.69 Å². The Hall–Kier alpha value is -2.74. The number of aliphatic imine (C=N–C) groups is 1. The Kier molecular flexibility index (Phi) is 5.08. The minimum atomic E-state index is -0.467. The molecule has 1 fully saturated rings. The number of nitro groups is 1. The van der Waals surface area contributed by atoms with Crippen molar-refractivity contribution < 1.29 is 4.92 Å². The Bertz CT molecular complexity index is 829. The van der Waals surface area contributed by atoms with Gasteiger partial charge in [-0.1, -0.05) is 0 Å². The average Bonchev–Trinajstić information content (AvgIpc) is 2.91. The lowest BCUT2D eigenvalue weighted by Gasteiger charge is -2.20. The maximum Gasteiger partial charge on any atom is 0.280 e. The predicted octanol–water partition coefficient (Wildman–Crippen LogP) is 1.80. The van der Waals surface area contributed by atoms with Crippen LogP contribution >= 0.6 is 0 Å². The molecule has 1 aromatic carbocycles. The molecule has 1 aromatic heterocycles. The van der Waals surface area contributed by atoms with Crippen LogP contribution in [-0.2, 0) is 0 Å². The number of nitrogens with zero attached hydrogens (tertiary/aromatic N) is 3. The van der Waals surface area contributed by atoms with Crippen molar-refractivity contribution >= 4 is 11.9 Å². The molecule has 132 valence electrons. The molecule has 2 aromatic rings. The summed E-state index contributed by atoms with van der Waals surface area (Å²) in [6.45, 7) is 4.59. The van der Waals surface area contributed by atoms with E-state index in [9.17, 15) is 14.9 Å². The number of aromatic amines is 1. The highest BCUT2D eigenvalue weighted by Gasteiger charge is 2.14. The van der Waals surface area contributed by atoms with Crippen LogP contribution < -0.4 is 10.9 Å². The van der Waals surface area contributed by atoms with Crippen LogP contribution in [0.5, 0.6) is 0 Å². The second-order valence-electron chi connectivity index (χ2n) is 6.25. The van der Waals surface area contributed by atoms with Crippen molar-refractivity contribution in [3.63, 3.8) is 0 Å². The van der Waals surface area contributed by atoms with E-state index >= 15 is 0 Å². The van der Waals surface area contributed by atoms with Crippen LogP contribution in [-0.4, -0.2) is 40.6 Å². The highest BCUT2D eigenvalue weighted by atomic mass is 16.6. The van der Waals surface area contributed by atoms with Gasteiger partial charge in [0.15, 0.2) is 0 Å². The Morgan fingerprint density at radius 1 is 1.32 bits per heavy atom. The molecule has 8 heteroatoms. The fraction of sp³-hybridized carbons (Fsp3) is 0.412. The molecule has 2 heterocycles. The first kappa shape index (κ1) is 17.1. The second kappa shape index (κ2) is 7.43. The van der Waals surface area contributed by atoms with Crippen LogP contribution in [0.4, 0.5) is 5.69 Å². The molecule has 0 atom stereocenters. The van der Waals surface area contributed by atoms with Gasteiger partial charge in [0.1, 0.15) is 0 Å². The highest BCUT2D eigenvalue weighted by molar-refractivity contribution is 5.80. The molecule has 0 amide bonds. The number of benzene rings is 1. The quantitative estimate of drug-likeness (QED) is 0.490. The van der Waals surface area contributed by atoms with Gasteiger partial charge in [-0.3, -0.25) is 25.0 Å². The van der Waals surface area contributed by atoms with Crippen LogP contribution in [0.1, 0.15) is 24.1 Å². The van der Waals surface area contributed by atoms with E-state index < -0.39 is 4.92 Å². The zero-order valence-electron chi connectivity index (χ0n) is 14.1. The molecule has 1 saturated heterocycles. The Labute approximate surface area is 144 Å². The summed E-state index contributed by atoms with van der Waals surface area (Å²) in [5.74, 6) is 0.564. The van der Waals surface area contributed by atoms with Crippen molar-refractivity contribution in [1.29, 1.82) is 0 Å². The fourth-order valence-corrected chi connectivity index (χ4v) is 2.97. The van der Waals surface area contributed by atoms with Gasteiger partial charge in [-0.15, -0.1) is 0 Å². The van der Waals surface area contributed by atoms with Crippen LogP contribution in [0.15, 0.2) is 34.1 Å². The number of hydrogen-bond donors (Lipinski definition) is 2. The number of non-ortho nitro benzene ring substituents is 1. The lowest BCUT2D eigenvalue weighted by atomic mass is 9.98. The lowest BCUT2D eigenvalue weighted by molar-refractivity contribution is -0.384. The summed E-state index contributed by atoms with van der Waals surface area (Å²) in [7, 11) is 0. The zero-order chi connectivity index (χ0) is 17.8. The Morgan fingerprint density at radius 2 is 2.00 bits per heavy atom. The molecule has 25 heavy (non-hydrogen) atoms. The smallest absolute Gasteiger partial charge is 0.280 e. The van der Waals surface area contributed by atoms with Crippen molar-refractivity contribution in [2.24, 2.45) is 10.9 Å². The van der Waals surface area contributed by atoms with Crippen LogP contribution in [0.25, 0.3) is 5.69 Å². The van der Waals surface area contributed by atoms with Crippen molar-refractivity contribution in [2.45, 2.75) is 19.8 Å². The van der Waals surface area contributed by atoms with E-state index in [1.165, 1.54) is 16.8 Å². The summed E-state index contributed by atoms with van der Waals surface area (Å²) in [6, 6.07) is 5.85. The third-order valence-electron chi connectivity index (χ3n) is 4.48. The summed E-state index contributed by atoms with van der Waals surface area (Å²) in [4.78, 5) is 27.3. The summed E-state index contributed by atoms with van der Waals surface area (Å²) in [5.41, 5.74) is 1.57. The van der Waals surface area contributed by atoms with Crippen LogP contribution in [0.3, 0.4) is 0 Å². The predicted molar refractivity (Wildman–Crippen MR) is 95.8 cm³/mol. The van der Waals surface area contributed by atoms with E-state index in [-0.39, 0.29) is 11.2 Å². The minimum Gasteiger partial charge on any atom is -0.317 e. The van der Waals surface area contributed by atoms with Gasteiger partial charge >= 0.3 is 0 Å². The first-order valence-electron chi connectivity index (χ1n) is 8.33. The molecule has 3 rings (SSSR count). The zero-order valence-corrected chi connectivity index (χ0v) is 14.1. The number of aromatic nitrogens is 2. The van der Waals surface area contributed by atoms with Crippen molar-refractivity contribution in [1.82, 2.24) is 15.1 Å². The normalized spacial score (nSPS) is 15.7. The Morgan fingerprint density at radius 3 is 2.64 bits per heavy atom. The molecule has 0 radical (unpaired) electrons. The topological polar surface area (TPSA) is 105 Å². The molecule has 1 aliphatic heterocycles. The third-order valence-corrected chi connectivity index (χ3v) is 4.48. The van der Waals surface area contributed by atoms with Gasteiger partial charge in [-0.05, 0) is 50.9 Å². The average molecular weight is 343 g/mol. The van der Waals surface area contributed by atoms with Gasteiger partial charge in [0.2, 0.25) is 0 Å². The minimum absolute atomic E-state index is 0.0103. The van der Waals surface area contributed by atoms with E-state index in [1.807, 2.05) is 6.92 Å². The summed E-state index contributed by atoms with van der Waals surface area (Å²) < 4.78 is 1.38. The maximum absolute atomic E-state index is 12.6. The molecule has 2 N–H and O–H groups in total. The molecule has 0 unspecified atom stereocenters.